The number of nitrogens with zero attached hydrogens (tertiary/aromatic N) is 2. The largest absolute Gasteiger partial charge is 0.366 e. The Morgan fingerprint density at radius 2 is 1.71 bits per heavy atom. The van der Waals surface area contributed by atoms with Crippen molar-refractivity contribution in [1.82, 2.24) is 15.5 Å². The second-order valence-electron chi connectivity index (χ2n) is 7.63. The lowest BCUT2D eigenvalue weighted by atomic mass is 10.0. The lowest BCUT2D eigenvalue weighted by Gasteiger charge is -2.34. The summed E-state index contributed by atoms with van der Waals surface area (Å²) in [4.78, 5) is 18.1. The van der Waals surface area contributed by atoms with E-state index in [9.17, 15) is 4.79 Å². The van der Waals surface area contributed by atoms with Gasteiger partial charge in [0.15, 0.2) is 5.96 Å². The van der Waals surface area contributed by atoms with Gasteiger partial charge in [0.2, 0.25) is 5.91 Å². The van der Waals surface area contributed by atoms with Crippen LogP contribution in [-0.4, -0.2) is 49.5 Å². The lowest BCUT2D eigenvalue weighted by molar-refractivity contribution is 0.100. The Kier molecular flexibility index (Phi) is 11.4. The molecule has 1 heterocycles. The zero-order valence-electron chi connectivity index (χ0n) is 17.4. The first kappa shape index (κ1) is 24.7. The molecule has 0 aliphatic carbocycles. The molecule has 1 aromatic carbocycles. The van der Waals surface area contributed by atoms with Crippen LogP contribution >= 0.6 is 24.0 Å². The normalized spacial score (nSPS) is 16.8. The lowest BCUT2D eigenvalue weighted by Crippen LogP contribution is -2.49. The molecule has 1 unspecified atom stereocenters. The standard InChI is InChI=1S/C21H35N5O.HI/c1-16(2)19(26-12-6-4-5-7-13-26)15-25-21(23-3)24-14-17-8-10-18(11-9-17)20(22)27;/h8-11,16,19H,4-7,12-15H2,1-3H3,(H2,22,27)(H2,23,24,25);1H. The van der Waals surface area contributed by atoms with Crippen molar-refractivity contribution in [2.45, 2.75) is 52.1 Å². The number of nitrogens with two attached hydrogens (primary N) is 1. The number of guanidine groups is 1. The molecule has 6 nitrogen and oxygen atoms in total. The number of carbonyl (C=O) groups is 1. The molecule has 2 rings (SSSR count). The number of carbonyl (C=O) groups excluding carboxylic acids is 1. The molecule has 158 valence electrons. The fourth-order valence-electron chi connectivity index (χ4n) is 3.61. The number of primary amides is 1. The van der Waals surface area contributed by atoms with Crippen molar-refractivity contribution in [1.29, 1.82) is 0 Å². The van der Waals surface area contributed by atoms with E-state index in [0.29, 0.717) is 24.1 Å². The van der Waals surface area contributed by atoms with Crippen LogP contribution in [0.25, 0.3) is 0 Å². The third-order valence-electron chi connectivity index (χ3n) is 5.28. The molecule has 0 aromatic heterocycles. The molecule has 0 bridgehead atoms. The van der Waals surface area contributed by atoms with Crippen molar-refractivity contribution in [3.05, 3.63) is 35.4 Å². The van der Waals surface area contributed by atoms with E-state index in [0.717, 1.165) is 18.1 Å². The van der Waals surface area contributed by atoms with Crippen molar-refractivity contribution < 1.29 is 4.79 Å². The molecule has 1 amide bonds. The average molecular weight is 501 g/mol. The Labute approximate surface area is 186 Å². The summed E-state index contributed by atoms with van der Waals surface area (Å²) in [5, 5.41) is 6.84. The summed E-state index contributed by atoms with van der Waals surface area (Å²) in [5.74, 6) is 0.990. The molecule has 0 radical (unpaired) electrons. The molecule has 1 aromatic rings. The van der Waals surface area contributed by atoms with Crippen LogP contribution in [0.5, 0.6) is 0 Å². The van der Waals surface area contributed by atoms with Gasteiger partial charge in [0.25, 0.3) is 0 Å². The van der Waals surface area contributed by atoms with Gasteiger partial charge in [0.05, 0.1) is 0 Å². The number of rotatable bonds is 7. The van der Waals surface area contributed by atoms with Crippen LogP contribution in [0.15, 0.2) is 29.3 Å². The summed E-state index contributed by atoms with van der Waals surface area (Å²) in [6.45, 7) is 8.53. The van der Waals surface area contributed by atoms with Gasteiger partial charge in [-0.05, 0) is 49.5 Å². The number of hydrogen-bond acceptors (Lipinski definition) is 3. The molecule has 0 saturated carbocycles. The van der Waals surface area contributed by atoms with E-state index in [4.69, 9.17) is 5.73 Å². The smallest absolute Gasteiger partial charge is 0.248 e. The topological polar surface area (TPSA) is 82.7 Å². The highest BCUT2D eigenvalue weighted by molar-refractivity contribution is 14.0. The number of hydrogen-bond donors (Lipinski definition) is 3. The number of benzene rings is 1. The third-order valence-corrected chi connectivity index (χ3v) is 5.28. The van der Waals surface area contributed by atoms with Crippen molar-refractivity contribution >= 4 is 35.8 Å². The first-order chi connectivity index (χ1) is 13.0. The molecule has 7 heteroatoms. The second kappa shape index (κ2) is 13.0. The van der Waals surface area contributed by atoms with Crippen molar-refractivity contribution in [3.8, 4) is 0 Å². The fourth-order valence-corrected chi connectivity index (χ4v) is 3.61. The van der Waals surface area contributed by atoms with E-state index in [-0.39, 0.29) is 24.0 Å². The minimum absolute atomic E-state index is 0. The number of amides is 1. The highest BCUT2D eigenvalue weighted by Crippen LogP contribution is 2.17. The number of nitrogens with one attached hydrogen (secondary N) is 2. The minimum atomic E-state index is -0.403. The average Bonchev–Trinajstić information content (AvgIpc) is 2.94. The number of aliphatic imine (C=N–C) groups is 1. The molecule has 4 N–H and O–H groups in total. The van der Waals surface area contributed by atoms with Gasteiger partial charge in [-0.25, -0.2) is 0 Å². The maximum absolute atomic E-state index is 11.2. The molecule has 0 spiro atoms. The molecule has 1 atom stereocenters. The molecule has 1 aliphatic rings. The minimum Gasteiger partial charge on any atom is -0.366 e. The highest BCUT2D eigenvalue weighted by atomic mass is 127. The van der Waals surface area contributed by atoms with Crippen LogP contribution in [0.1, 0.15) is 55.5 Å². The summed E-state index contributed by atoms with van der Waals surface area (Å²) in [5.41, 5.74) is 6.89. The Morgan fingerprint density at radius 1 is 1.11 bits per heavy atom. The number of likely N-dealkylation sites (tertiary alicyclic amines) is 1. The van der Waals surface area contributed by atoms with Crippen LogP contribution < -0.4 is 16.4 Å². The van der Waals surface area contributed by atoms with Crippen molar-refractivity contribution in [2.24, 2.45) is 16.6 Å². The van der Waals surface area contributed by atoms with Crippen molar-refractivity contribution in [3.63, 3.8) is 0 Å². The van der Waals surface area contributed by atoms with Crippen molar-refractivity contribution in [2.75, 3.05) is 26.7 Å². The van der Waals surface area contributed by atoms with E-state index in [1.54, 1.807) is 19.2 Å². The first-order valence-electron chi connectivity index (χ1n) is 10.1. The van der Waals surface area contributed by atoms with Gasteiger partial charge in [0.1, 0.15) is 0 Å². The predicted octanol–water partition coefficient (Wildman–Crippen LogP) is 2.97. The van der Waals surface area contributed by atoms with Gasteiger partial charge < -0.3 is 16.4 Å². The monoisotopic (exact) mass is 501 g/mol. The molecule has 1 fully saturated rings. The predicted molar refractivity (Wildman–Crippen MR) is 127 cm³/mol. The molecule has 1 saturated heterocycles. The van der Waals surface area contributed by atoms with Gasteiger partial charge >= 0.3 is 0 Å². The van der Waals surface area contributed by atoms with Gasteiger partial charge in [-0.2, -0.15) is 0 Å². The third kappa shape index (κ3) is 7.95. The quantitative estimate of drug-likeness (QED) is 0.305. The van der Waals surface area contributed by atoms with E-state index in [2.05, 4.69) is 34.4 Å². The Hall–Kier alpha value is -1.35. The van der Waals surface area contributed by atoms with Gasteiger partial charge in [0, 0.05) is 31.7 Å². The Morgan fingerprint density at radius 3 is 2.21 bits per heavy atom. The van der Waals surface area contributed by atoms with E-state index < -0.39 is 5.91 Å². The fraction of sp³-hybridized carbons (Fsp3) is 0.619. The maximum atomic E-state index is 11.2. The number of halogens is 1. The second-order valence-corrected chi connectivity index (χ2v) is 7.63. The van der Waals surface area contributed by atoms with E-state index >= 15 is 0 Å². The van der Waals surface area contributed by atoms with Crippen LogP contribution in [0.4, 0.5) is 0 Å². The van der Waals surface area contributed by atoms with Crippen LogP contribution in [0.3, 0.4) is 0 Å². The van der Waals surface area contributed by atoms with Crippen LogP contribution in [-0.2, 0) is 6.54 Å². The van der Waals surface area contributed by atoms with Gasteiger partial charge in [-0.15, -0.1) is 24.0 Å². The zero-order valence-corrected chi connectivity index (χ0v) is 19.7. The highest BCUT2D eigenvalue weighted by Gasteiger charge is 2.22. The molecule has 28 heavy (non-hydrogen) atoms. The maximum Gasteiger partial charge on any atom is 0.248 e. The summed E-state index contributed by atoms with van der Waals surface area (Å²) in [6, 6.07) is 7.84. The summed E-state index contributed by atoms with van der Waals surface area (Å²) >= 11 is 0. The van der Waals surface area contributed by atoms with Crippen LogP contribution in [0, 0.1) is 5.92 Å². The van der Waals surface area contributed by atoms with E-state index in [1.807, 2.05) is 12.1 Å². The summed E-state index contributed by atoms with van der Waals surface area (Å²) in [7, 11) is 1.79. The van der Waals surface area contributed by atoms with Gasteiger partial charge in [-0.1, -0.05) is 38.8 Å². The molecular weight excluding hydrogens is 465 g/mol. The zero-order chi connectivity index (χ0) is 19.6. The first-order valence-corrected chi connectivity index (χ1v) is 10.1. The SMILES string of the molecule is CN=C(NCc1ccc(C(N)=O)cc1)NCC(C(C)C)N1CCCCCC1.I. The molecule has 1 aliphatic heterocycles. The molecular formula is C21H36IN5O. The van der Waals surface area contributed by atoms with Crippen LogP contribution in [0.2, 0.25) is 0 Å². The van der Waals surface area contributed by atoms with E-state index in [1.165, 1.54) is 38.8 Å². The Bertz CT molecular complexity index is 610. The van der Waals surface area contributed by atoms with Gasteiger partial charge in [-0.3, -0.25) is 14.7 Å². The summed E-state index contributed by atoms with van der Waals surface area (Å²) < 4.78 is 0. The summed E-state index contributed by atoms with van der Waals surface area (Å²) in [6.07, 6.45) is 5.31. The Balaban J connectivity index is 0.00000392.